The Kier molecular flexibility index (Phi) is 3.81. The number of carbonyl (C=O) groups excluding carboxylic acids is 1. The average molecular weight is 265 g/mol. The monoisotopic (exact) mass is 265 g/mol. The zero-order valence-corrected chi connectivity index (χ0v) is 12.1. The minimum Gasteiger partial charge on any atom is -0.355 e. The van der Waals surface area contributed by atoms with E-state index in [0.717, 1.165) is 38.5 Å². The summed E-state index contributed by atoms with van der Waals surface area (Å²) in [4.78, 5) is 15.0. The van der Waals surface area contributed by atoms with Crippen LogP contribution in [0.5, 0.6) is 0 Å². The molecule has 1 atom stereocenters. The van der Waals surface area contributed by atoms with Crippen LogP contribution in [0.1, 0.15) is 39.0 Å². The van der Waals surface area contributed by atoms with Crippen molar-refractivity contribution in [2.75, 3.05) is 32.7 Å². The molecule has 4 heteroatoms. The third kappa shape index (κ3) is 3.11. The van der Waals surface area contributed by atoms with Crippen molar-refractivity contribution in [3.8, 4) is 0 Å². The van der Waals surface area contributed by atoms with Crippen LogP contribution < -0.4 is 10.6 Å². The summed E-state index contributed by atoms with van der Waals surface area (Å²) < 4.78 is 0. The number of hydrogen-bond acceptors (Lipinski definition) is 3. The van der Waals surface area contributed by atoms with Gasteiger partial charge in [-0.15, -0.1) is 0 Å². The third-order valence-electron chi connectivity index (χ3n) is 5.19. The van der Waals surface area contributed by atoms with Gasteiger partial charge in [0.25, 0.3) is 0 Å². The molecule has 2 N–H and O–H groups in total. The Morgan fingerprint density at radius 2 is 2.05 bits per heavy atom. The van der Waals surface area contributed by atoms with Gasteiger partial charge in [-0.05, 0) is 57.7 Å². The quantitative estimate of drug-likeness (QED) is 0.796. The number of amides is 1. The van der Waals surface area contributed by atoms with E-state index in [0.29, 0.717) is 5.92 Å². The van der Waals surface area contributed by atoms with Crippen LogP contribution in [0.15, 0.2) is 0 Å². The number of piperidine rings is 1. The summed E-state index contributed by atoms with van der Waals surface area (Å²) in [6.07, 6.45) is 5.98. The average Bonchev–Trinajstić information content (AvgIpc) is 3.16. The fraction of sp³-hybridized carbons (Fsp3) is 0.933. The smallest absolute Gasteiger partial charge is 0.226 e. The highest BCUT2D eigenvalue weighted by molar-refractivity contribution is 5.82. The molecular formula is C15H27N3O. The number of rotatable bonds is 4. The first-order valence-corrected chi connectivity index (χ1v) is 7.90. The van der Waals surface area contributed by atoms with Crippen LogP contribution in [0.4, 0.5) is 0 Å². The van der Waals surface area contributed by atoms with Crippen molar-refractivity contribution < 1.29 is 4.79 Å². The van der Waals surface area contributed by atoms with Gasteiger partial charge in [0.05, 0.1) is 0 Å². The van der Waals surface area contributed by atoms with Crippen molar-refractivity contribution in [1.29, 1.82) is 0 Å². The fourth-order valence-electron chi connectivity index (χ4n) is 3.46. The topological polar surface area (TPSA) is 44.4 Å². The molecule has 1 saturated carbocycles. The van der Waals surface area contributed by atoms with E-state index in [1.807, 2.05) is 0 Å². The van der Waals surface area contributed by atoms with Crippen LogP contribution in [0.3, 0.4) is 0 Å². The number of hydrogen-bond donors (Lipinski definition) is 2. The minimum atomic E-state index is -0.139. The summed E-state index contributed by atoms with van der Waals surface area (Å²) in [5.41, 5.74) is -0.139. The van der Waals surface area contributed by atoms with Gasteiger partial charge in [0.1, 0.15) is 0 Å². The summed E-state index contributed by atoms with van der Waals surface area (Å²) in [7, 11) is 0. The van der Waals surface area contributed by atoms with E-state index >= 15 is 0 Å². The van der Waals surface area contributed by atoms with E-state index in [1.165, 1.54) is 32.4 Å². The highest BCUT2D eigenvalue weighted by atomic mass is 16.2. The van der Waals surface area contributed by atoms with Gasteiger partial charge in [0, 0.05) is 24.5 Å². The highest BCUT2D eigenvalue weighted by Gasteiger charge is 2.37. The third-order valence-corrected chi connectivity index (χ3v) is 5.19. The molecule has 108 valence electrons. The second-order valence-corrected chi connectivity index (χ2v) is 6.90. The fourth-order valence-corrected chi connectivity index (χ4v) is 3.46. The largest absolute Gasteiger partial charge is 0.355 e. The van der Waals surface area contributed by atoms with Crippen molar-refractivity contribution in [3.05, 3.63) is 0 Å². The highest BCUT2D eigenvalue weighted by Crippen LogP contribution is 2.32. The molecule has 0 aromatic carbocycles. The van der Waals surface area contributed by atoms with E-state index < -0.39 is 0 Å². The maximum atomic E-state index is 12.4. The first kappa shape index (κ1) is 13.4. The summed E-state index contributed by atoms with van der Waals surface area (Å²) in [5, 5.41) is 6.55. The van der Waals surface area contributed by atoms with Crippen LogP contribution in [0.2, 0.25) is 0 Å². The molecular weight excluding hydrogens is 238 g/mol. The van der Waals surface area contributed by atoms with Gasteiger partial charge in [0.2, 0.25) is 5.91 Å². The van der Waals surface area contributed by atoms with Crippen molar-refractivity contribution >= 4 is 5.91 Å². The van der Waals surface area contributed by atoms with Crippen molar-refractivity contribution in [3.63, 3.8) is 0 Å². The normalized spacial score (nSPS) is 31.3. The van der Waals surface area contributed by atoms with Crippen molar-refractivity contribution in [1.82, 2.24) is 15.5 Å². The number of likely N-dealkylation sites (tertiary alicyclic amines) is 1. The molecule has 2 saturated heterocycles. The molecule has 4 nitrogen and oxygen atoms in total. The van der Waals surface area contributed by atoms with Gasteiger partial charge in [-0.2, -0.15) is 0 Å². The Balaban J connectivity index is 1.42. The minimum absolute atomic E-state index is 0.139. The second kappa shape index (κ2) is 5.41. The Hall–Kier alpha value is -0.610. The number of carbonyl (C=O) groups is 1. The van der Waals surface area contributed by atoms with E-state index in [4.69, 9.17) is 0 Å². The molecule has 0 aromatic heterocycles. The lowest BCUT2D eigenvalue weighted by molar-refractivity contribution is -0.131. The molecule has 1 unspecified atom stereocenters. The number of nitrogens with zero attached hydrogens (tertiary/aromatic N) is 1. The lowest BCUT2D eigenvalue weighted by atomic mass is 9.80. The summed E-state index contributed by atoms with van der Waals surface area (Å²) >= 11 is 0. The van der Waals surface area contributed by atoms with Gasteiger partial charge >= 0.3 is 0 Å². The van der Waals surface area contributed by atoms with Gasteiger partial charge in [0.15, 0.2) is 0 Å². The van der Waals surface area contributed by atoms with E-state index in [-0.39, 0.29) is 11.3 Å². The predicted molar refractivity (Wildman–Crippen MR) is 75.9 cm³/mol. The zero-order chi connectivity index (χ0) is 13.3. The van der Waals surface area contributed by atoms with E-state index in [2.05, 4.69) is 22.5 Å². The van der Waals surface area contributed by atoms with Crippen LogP contribution in [0.25, 0.3) is 0 Å². The molecule has 2 heterocycles. The predicted octanol–water partition coefficient (Wildman–Crippen LogP) is 0.977. The number of nitrogens with one attached hydrogen (secondary N) is 2. The van der Waals surface area contributed by atoms with Crippen molar-refractivity contribution in [2.24, 2.45) is 11.3 Å². The SMILES string of the molecule is CC1(C(=O)NCC2CCN(C3CC3)C2)CCNCC1. The summed E-state index contributed by atoms with van der Waals surface area (Å²) in [5.74, 6) is 0.953. The molecule has 2 aliphatic heterocycles. The van der Waals surface area contributed by atoms with Gasteiger partial charge in [-0.25, -0.2) is 0 Å². The summed E-state index contributed by atoms with van der Waals surface area (Å²) in [6, 6.07) is 0.877. The lowest BCUT2D eigenvalue weighted by Crippen LogP contribution is -2.47. The molecule has 1 amide bonds. The Morgan fingerprint density at radius 3 is 2.74 bits per heavy atom. The Morgan fingerprint density at radius 1 is 1.32 bits per heavy atom. The molecule has 0 radical (unpaired) electrons. The standard InChI is InChI=1S/C15H27N3O/c1-15(5-7-16-8-6-15)14(19)17-10-12-4-9-18(11-12)13-2-3-13/h12-13,16H,2-11H2,1H3,(H,17,19). The Labute approximate surface area is 116 Å². The molecule has 19 heavy (non-hydrogen) atoms. The van der Waals surface area contributed by atoms with Crippen LogP contribution in [0, 0.1) is 11.3 Å². The van der Waals surface area contributed by atoms with Crippen molar-refractivity contribution in [2.45, 2.75) is 45.1 Å². The lowest BCUT2D eigenvalue weighted by Gasteiger charge is -2.32. The van der Waals surface area contributed by atoms with E-state index in [1.54, 1.807) is 0 Å². The van der Waals surface area contributed by atoms with E-state index in [9.17, 15) is 4.79 Å². The molecule has 0 spiro atoms. The van der Waals surface area contributed by atoms with Gasteiger partial charge in [-0.1, -0.05) is 6.92 Å². The summed E-state index contributed by atoms with van der Waals surface area (Å²) in [6.45, 7) is 7.39. The second-order valence-electron chi connectivity index (χ2n) is 6.90. The molecule has 3 aliphatic rings. The van der Waals surface area contributed by atoms with Gasteiger partial charge < -0.3 is 15.5 Å². The van der Waals surface area contributed by atoms with Crippen LogP contribution in [-0.4, -0.2) is 49.6 Å². The maximum absolute atomic E-state index is 12.4. The molecule has 0 bridgehead atoms. The van der Waals surface area contributed by atoms with Gasteiger partial charge in [-0.3, -0.25) is 4.79 Å². The molecule has 1 aliphatic carbocycles. The maximum Gasteiger partial charge on any atom is 0.226 e. The molecule has 3 fully saturated rings. The zero-order valence-electron chi connectivity index (χ0n) is 12.1. The molecule has 3 rings (SSSR count). The van der Waals surface area contributed by atoms with Crippen LogP contribution in [-0.2, 0) is 4.79 Å². The van der Waals surface area contributed by atoms with Crippen LogP contribution >= 0.6 is 0 Å². The Bertz CT molecular complexity index is 334. The molecule has 0 aromatic rings. The first-order chi connectivity index (χ1) is 9.17. The first-order valence-electron chi connectivity index (χ1n) is 7.90.